The molecule has 1 heterocycles. The van der Waals surface area contributed by atoms with E-state index >= 15 is 0 Å². The zero-order valence-corrected chi connectivity index (χ0v) is 16.0. The van der Waals surface area contributed by atoms with Gasteiger partial charge in [-0.3, -0.25) is 14.4 Å². The second-order valence-corrected chi connectivity index (χ2v) is 6.42. The molecule has 0 fully saturated rings. The Morgan fingerprint density at radius 2 is 1.78 bits per heavy atom. The summed E-state index contributed by atoms with van der Waals surface area (Å²) >= 11 is 0. The van der Waals surface area contributed by atoms with Crippen LogP contribution in [0.25, 0.3) is 0 Å². The van der Waals surface area contributed by atoms with Crippen molar-refractivity contribution in [3.63, 3.8) is 0 Å². The van der Waals surface area contributed by atoms with Gasteiger partial charge in [0, 0.05) is 19.3 Å². The van der Waals surface area contributed by atoms with Gasteiger partial charge < -0.3 is 14.8 Å². The number of nitrogens with one attached hydrogen (secondary N) is 1. The molecule has 0 aliphatic rings. The van der Waals surface area contributed by atoms with Gasteiger partial charge in [-0.05, 0) is 30.5 Å². The molecule has 0 atom stereocenters. The second kappa shape index (κ2) is 10.3. The number of amides is 2. The first kappa shape index (κ1) is 20.4. The van der Waals surface area contributed by atoms with Gasteiger partial charge in [-0.15, -0.1) is 0 Å². The highest BCUT2D eigenvalue weighted by Crippen LogP contribution is 2.05. The number of rotatable bonds is 9. The van der Waals surface area contributed by atoms with Crippen LogP contribution in [0.15, 0.2) is 53.5 Å². The fourth-order valence-corrected chi connectivity index (χ4v) is 2.79. The third-order valence-electron chi connectivity index (χ3n) is 4.13. The van der Waals surface area contributed by atoms with E-state index < -0.39 is 5.91 Å². The predicted molar refractivity (Wildman–Crippen MR) is 106 cm³/mol. The SMILES string of the molecule is CCCNC(=O)CN(CCC)C(=O)c1cccn(Cc2ccccc2)c1=O. The van der Waals surface area contributed by atoms with Gasteiger partial charge in [0.1, 0.15) is 5.56 Å². The first-order valence-corrected chi connectivity index (χ1v) is 9.36. The van der Waals surface area contributed by atoms with Gasteiger partial charge in [-0.25, -0.2) is 0 Å². The Morgan fingerprint density at radius 3 is 2.44 bits per heavy atom. The largest absolute Gasteiger partial charge is 0.355 e. The van der Waals surface area contributed by atoms with Crippen molar-refractivity contribution in [1.82, 2.24) is 14.8 Å². The summed E-state index contributed by atoms with van der Waals surface area (Å²) in [6, 6.07) is 12.8. The summed E-state index contributed by atoms with van der Waals surface area (Å²) in [5, 5.41) is 2.77. The lowest BCUT2D eigenvalue weighted by molar-refractivity contribution is -0.121. The Hall–Kier alpha value is -2.89. The third-order valence-corrected chi connectivity index (χ3v) is 4.13. The minimum atomic E-state index is -0.407. The zero-order chi connectivity index (χ0) is 19.6. The summed E-state index contributed by atoms with van der Waals surface area (Å²) < 4.78 is 1.52. The van der Waals surface area contributed by atoms with Gasteiger partial charge in [0.2, 0.25) is 5.91 Å². The molecule has 0 aliphatic heterocycles. The Morgan fingerprint density at radius 1 is 1.04 bits per heavy atom. The maximum absolute atomic E-state index is 12.9. The van der Waals surface area contributed by atoms with Crippen molar-refractivity contribution in [3.05, 3.63) is 70.1 Å². The van der Waals surface area contributed by atoms with Crippen molar-refractivity contribution in [3.8, 4) is 0 Å². The van der Waals surface area contributed by atoms with Crippen molar-refractivity contribution >= 4 is 11.8 Å². The van der Waals surface area contributed by atoms with Crippen LogP contribution in [-0.2, 0) is 11.3 Å². The van der Waals surface area contributed by atoms with E-state index in [4.69, 9.17) is 0 Å². The minimum absolute atomic E-state index is 0.0420. The summed E-state index contributed by atoms with van der Waals surface area (Å²) in [5.74, 6) is -0.616. The van der Waals surface area contributed by atoms with Crippen molar-refractivity contribution in [2.75, 3.05) is 19.6 Å². The molecule has 1 N–H and O–H groups in total. The lowest BCUT2D eigenvalue weighted by Gasteiger charge is -2.21. The quantitative estimate of drug-likeness (QED) is 0.737. The molecule has 0 saturated carbocycles. The van der Waals surface area contributed by atoms with Gasteiger partial charge in [-0.1, -0.05) is 44.2 Å². The lowest BCUT2D eigenvalue weighted by atomic mass is 10.2. The highest BCUT2D eigenvalue weighted by atomic mass is 16.2. The van der Waals surface area contributed by atoms with Gasteiger partial charge in [0.15, 0.2) is 0 Å². The molecule has 2 amide bonds. The number of benzene rings is 1. The normalized spacial score (nSPS) is 10.4. The molecule has 0 unspecified atom stereocenters. The van der Waals surface area contributed by atoms with E-state index in [1.54, 1.807) is 12.3 Å². The number of pyridine rings is 1. The molecular weight excluding hydrogens is 342 g/mol. The minimum Gasteiger partial charge on any atom is -0.355 e. The maximum atomic E-state index is 12.9. The van der Waals surface area contributed by atoms with Crippen LogP contribution in [0.2, 0.25) is 0 Å². The third kappa shape index (κ3) is 5.81. The summed E-state index contributed by atoms with van der Waals surface area (Å²) in [7, 11) is 0. The van der Waals surface area contributed by atoms with Crippen molar-refractivity contribution in [2.24, 2.45) is 0 Å². The van der Waals surface area contributed by atoms with E-state index in [1.165, 1.54) is 15.5 Å². The fourth-order valence-electron chi connectivity index (χ4n) is 2.79. The zero-order valence-electron chi connectivity index (χ0n) is 16.0. The summed E-state index contributed by atoms with van der Waals surface area (Å²) in [5.41, 5.74) is 0.722. The number of hydrogen-bond acceptors (Lipinski definition) is 3. The molecule has 0 spiro atoms. The van der Waals surface area contributed by atoms with Gasteiger partial charge >= 0.3 is 0 Å². The topological polar surface area (TPSA) is 71.4 Å². The van der Waals surface area contributed by atoms with Gasteiger partial charge in [-0.2, -0.15) is 0 Å². The van der Waals surface area contributed by atoms with E-state index in [0.717, 1.165) is 12.0 Å². The van der Waals surface area contributed by atoms with Crippen LogP contribution in [0.1, 0.15) is 42.6 Å². The lowest BCUT2D eigenvalue weighted by Crippen LogP contribution is -2.43. The van der Waals surface area contributed by atoms with E-state index in [2.05, 4.69) is 5.32 Å². The number of carbonyl (C=O) groups excluding carboxylic acids is 2. The van der Waals surface area contributed by atoms with Crippen LogP contribution in [-0.4, -0.2) is 40.9 Å². The van der Waals surface area contributed by atoms with Crippen LogP contribution in [0.5, 0.6) is 0 Å². The Kier molecular flexibility index (Phi) is 7.79. The maximum Gasteiger partial charge on any atom is 0.263 e. The average molecular weight is 369 g/mol. The Balaban J connectivity index is 2.21. The molecule has 0 radical (unpaired) electrons. The Labute approximate surface area is 159 Å². The highest BCUT2D eigenvalue weighted by Gasteiger charge is 2.21. The molecule has 6 nitrogen and oxygen atoms in total. The van der Waals surface area contributed by atoms with E-state index in [0.29, 0.717) is 26.1 Å². The first-order chi connectivity index (χ1) is 13.1. The molecule has 144 valence electrons. The number of hydrogen-bond donors (Lipinski definition) is 1. The van der Waals surface area contributed by atoms with Crippen LogP contribution >= 0.6 is 0 Å². The molecule has 2 rings (SSSR count). The van der Waals surface area contributed by atoms with E-state index in [1.807, 2.05) is 44.2 Å². The molecule has 0 saturated heterocycles. The standard InChI is InChI=1S/C21H27N3O3/c1-3-12-22-19(25)16-23(13-4-2)20(26)18-11-8-14-24(21(18)27)15-17-9-6-5-7-10-17/h5-11,14H,3-4,12-13,15-16H2,1-2H3,(H,22,25). The van der Waals surface area contributed by atoms with Crippen LogP contribution in [0.4, 0.5) is 0 Å². The molecule has 2 aromatic rings. The Bertz CT molecular complexity index is 815. The molecule has 0 aliphatic carbocycles. The van der Waals surface area contributed by atoms with Gasteiger partial charge in [0.05, 0.1) is 13.1 Å². The van der Waals surface area contributed by atoms with Crippen LogP contribution in [0, 0.1) is 0 Å². The van der Waals surface area contributed by atoms with Crippen LogP contribution < -0.4 is 10.9 Å². The van der Waals surface area contributed by atoms with Crippen molar-refractivity contribution < 1.29 is 9.59 Å². The number of aromatic nitrogens is 1. The van der Waals surface area contributed by atoms with Crippen molar-refractivity contribution in [2.45, 2.75) is 33.2 Å². The fraction of sp³-hybridized carbons (Fsp3) is 0.381. The van der Waals surface area contributed by atoms with Crippen molar-refractivity contribution in [1.29, 1.82) is 0 Å². The van der Waals surface area contributed by atoms with Gasteiger partial charge in [0.25, 0.3) is 11.5 Å². The molecular formula is C21H27N3O3. The highest BCUT2D eigenvalue weighted by molar-refractivity contribution is 5.96. The van der Waals surface area contributed by atoms with E-state index in [9.17, 15) is 14.4 Å². The molecule has 6 heteroatoms. The van der Waals surface area contributed by atoms with Crippen LogP contribution in [0.3, 0.4) is 0 Å². The average Bonchev–Trinajstić information content (AvgIpc) is 2.68. The number of nitrogens with zero attached hydrogens (tertiary/aromatic N) is 2. The molecule has 1 aromatic carbocycles. The molecule has 27 heavy (non-hydrogen) atoms. The summed E-state index contributed by atoms with van der Waals surface area (Å²) in [4.78, 5) is 39.2. The smallest absolute Gasteiger partial charge is 0.263 e. The monoisotopic (exact) mass is 369 g/mol. The molecule has 0 bridgehead atoms. The second-order valence-electron chi connectivity index (χ2n) is 6.42. The number of carbonyl (C=O) groups is 2. The van der Waals surface area contributed by atoms with E-state index in [-0.39, 0.29) is 23.6 Å². The molecule has 1 aromatic heterocycles. The predicted octanol–water partition coefficient (Wildman–Crippen LogP) is 2.27. The first-order valence-electron chi connectivity index (χ1n) is 9.36. The summed E-state index contributed by atoms with van der Waals surface area (Å²) in [6.45, 7) is 5.25. The summed E-state index contributed by atoms with van der Waals surface area (Å²) in [6.07, 6.45) is 3.21.